The van der Waals surface area contributed by atoms with E-state index in [4.69, 9.17) is 0 Å². The van der Waals surface area contributed by atoms with Crippen molar-refractivity contribution >= 4 is 27.3 Å². The SMILES string of the molecule is O=[N+]([O-])c1cc(Br)ccc1NCc1ccc(F)c(F)c1. The third kappa shape index (κ3) is 3.30. The second-order valence-electron chi connectivity index (χ2n) is 4.02. The molecular weight excluding hydrogens is 334 g/mol. The van der Waals surface area contributed by atoms with Crippen molar-refractivity contribution < 1.29 is 13.7 Å². The van der Waals surface area contributed by atoms with Gasteiger partial charge in [-0.3, -0.25) is 10.1 Å². The number of rotatable bonds is 4. The van der Waals surface area contributed by atoms with Crippen molar-refractivity contribution in [2.45, 2.75) is 6.54 Å². The Hall–Kier alpha value is -2.02. The van der Waals surface area contributed by atoms with Gasteiger partial charge in [0, 0.05) is 17.1 Å². The molecule has 2 aromatic rings. The molecule has 1 N–H and O–H groups in total. The van der Waals surface area contributed by atoms with E-state index in [1.54, 1.807) is 12.1 Å². The number of nitro benzene ring substituents is 1. The van der Waals surface area contributed by atoms with E-state index in [2.05, 4.69) is 21.2 Å². The Morgan fingerprint density at radius 2 is 1.90 bits per heavy atom. The minimum Gasteiger partial charge on any atom is -0.375 e. The predicted octanol–water partition coefficient (Wildman–Crippen LogP) is 4.25. The zero-order valence-corrected chi connectivity index (χ0v) is 11.7. The van der Waals surface area contributed by atoms with Crippen molar-refractivity contribution in [3.8, 4) is 0 Å². The molecule has 0 saturated heterocycles. The fraction of sp³-hybridized carbons (Fsp3) is 0.0769. The molecule has 0 radical (unpaired) electrons. The van der Waals surface area contributed by atoms with Gasteiger partial charge in [-0.2, -0.15) is 0 Å². The van der Waals surface area contributed by atoms with Crippen molar-refractivity contribution in [2.24, 2.45) is 0 Å². The van der Waals surface area contributed by atoms with Gasteiger partial charge < -0.3 is 5.32 Å². The number of benzene rings is 2. The van der Waals surface area contributed by atoms with E-state index < -0.39 is 16.6 Å². The summed E-state index contributed by atoms with van der Waals surface area (Å²) in [6.45, 7) is 0.152. The molecule has 7 heteroatoms. The van der Waals surface area contributed by atoms with Gasteiger partial charge in [0.1, 0.15) is 5.69 Å². The van der Waals surface area contributed by atoms with Gasteiger partial charge in [0.2, 0.25) is 0 Å². The maximum Gasteiger partial charge on any atom is 0.293 e. The molecule has 0 atom stereocenters. The molecule has 0 aliphatic rings. The van der Waals surface area contributed by atoms with Gasteiger partial charge >= 0.3 is 0 Å². The summed E-state index contributed by atoms with van der Waals surface area (Å²) in [5, 5.41) is 13.8. The average molecular weight is 343 g/mol. The van der Waals surface area contributed by atoms with Gasteiger partial charge in [0.25, 0.3) is 5.69 Å². The van der Waals surface area contributed by atoms with E-state index in [0.717, 1.165) is 12.1 Å². The van der Waals surface area contributed by atoms with Crippen LogP contribution < -0.4 is 5.32 Å². The summed E-state index contributed by atoms with van der Waals surface area (Å²) in [7, 11) is 0. The van der Waals surface area contributed by atoms with Crippen molar-refractivity contribution in [1.29, 1.82) is 0 Å². The van der Waals surface area contributed by atoms with Gasteiger partial charge in [-0.1, -0.05) is 22.0 Å². The quantitative estimate of drug-likeness (QED) is 0.667. The number of hydrogen-bond acceptors (Lipinski definition) is 3. The second kappa shape index (κ2) is 5.96. The minimum atomic E-state index is -0.949. The largest absolute Gasteiger partial charge is 0.375 e. The van der Waals surface area contributed by atoms with Gasteiger partial charge in [-0.15, -0.1) is 0 Å². The van der Waals surface area contributed by atoms with Crippen molar-refractivity contribution in [3.63, 3.8) is 0 Å². The third-order valence-electron chi connectivity index (χ3n) is 2.62. The lowest BCUT2D eigenvalue weighted by Gasteiger charge is -2.08. The Balaban J connectivity index is 2.18. The van der Waals surface area contributed by atoms with E-state index in [1.165, 1.54) is 12.1 Å². The highest BCUT2D eigenvalue weighted by atomic mass is 79.9. The molecule has 0 saturated carbocycles. The van der Waals surface area contributed by atoms with Crippen LogP contribution in [0.15, 0.2) is 40.9 Å². The molecule has 20 heavy (non-hydrogen) atoms. The first-order valence-electron chi connectivity index (χ1n) is 5.59. The number of halogens is 3. The Kier molecular flexibility index (Phi) is 4.29. The van der Waals surface area contributed by atoms with Gasteiger partial charge in [0.15, 0.2) is 11.6 Å². The maximum absolute atomic E-state index is 13.0. The molecule has 0 amide bonds. The van der Waals surface area contributed by atoms with Crippen molar-refractivity contribution in [2.75, 3.05) is 5.32 Å². The number of anilines is 1. The summed E-state index contributed by atoms with van der Waals surface area (Å²) in [6.07, 6.45) is 0. The van der Waals surface area contributed by atoms with Crippen molar-refractivity contribution in [3.05, 3.63) is 68.2 Å². The number of hydrogen-bond donors (Lipinski definition) is 1. The molecule has 2 rings (SSSR count). The van der Waals surface area contributed by atoms with Crippen LogP contribution in [0, 0.1) is 21.7 Å². The lowest BCUT2D eigenvalue weighted by Crippen LogP contribution is -2.03. The van der Waals surface area contributed by atoms with E-state index in [9.17, 15) is 18.9 Å². The molecule has 0 aliphatic carbocycles. The maximum atomic E-state index is 13.0. The monoisotopic (exact) mass is 342 g/mol. The first kappa shape index (κ1) is 14.4. The summed E-state index contributed by atoms with van der Waals surface area (Å²) >= 11 is 3.15. The summed E-state index contributed by atoms with van der Waals surface area (Å²) in [4.78, 5) is 10.4. The Bertz CT molecular complexity index is 665. The molecule has 0 fully saturated rings. The zero-order valence-electron chi connectivity index (χ0n) is 10.1. The lowest BCUT2D eigenvalue weighted by molar-refractivity contribution is -0.384. The molecule has 4 nitrogen and oxygen atoms in total. The van der Waals surface area contributed by atoms with E-state index >= 15 is 0 Å². The van der Waals surface area contributed by atoms with Crippen LogP contribution in [-0.4, -0.2) is 4.92 Å². The molecule has 0 aliphatic heterocycles. The van der Waals surface area contributed by atoms with Crippen LogP contribution in [0.25, 0.3) is 0 Å². The summed E-state index contributed by atoms with van der Waals surface area (Å²) in [6, 6.07) is 8.04. The van der Waals surface area contributed by atoms with E-state index in [-0.39, 0.29) is 12.2 Å². The summed E-state index contributed by atoms with van der Waals surface area (Å²) in [5.74, 6) is -1.88. The van der Waals surface area contributed by atoms with Crippen LogP contribution in [0.2, 0.25) is 0 Å². The molecule has 0 aromatic heterocycles. The van der Waals surface area contributed by atoms with Crippen LogP contribution in [0.1, 0.15) is 5.56 Å². The normalized spacial score (nSPS) is 10.3. The number of nitrogens with zero attached hydrogens (tertiary/aromatic N) is 1. The standard InChI is InChI=1S/C13H9BrF2N2O2/c14-9-2-4-12(13(6-9)18(19)20)17-7-8-1-3-10(15)11(16)5-8/h1-6,17H,7H2. The molecule has 0 bridgehead atoms. The smallest absolute Gasteiger partial charge is 0.293 e. The lowest BCUT2D eigenvalue weighted by atomic mass is 10.2. The van der Waals surface area contributed by atoms with Crippen LogP contribution in [0.5, 0.6) is 0 Å². The molecule has 0 spiro atoms. The molecule has 2 aromatic carbocycles. The minimum absolute atomic E-state index is 0.0954. The second-order valence-corrected chi connectivity index (χ2v) is 4.94. The predicted molar refractivity (Wildman–Crippen MR) is 74.5 cm³/mol. The zero-order chi connectivity index (χ0) is 14.7. The van der Waals surface area contributed by atoms with Gasteiger partial charge in [-0.05, 0) is 29.8 Å². The van der Waals surface area contributed by atoms with Crippen molar-refractivity contribution in [1.82, 2.24) is 0 Å². The molecule has 0 heterocycles. The highest BCUT2D eigenvalue weighted by Crippen LogP contribution is 2.28. The summed E-state index contributed by atoms with van der Waals surface area (Å²) < 4.78 is 26.4. The topological polar surface area (TPSA) is 55.2 Å². The van der Waals surface area contributed by atoms with Crippen LogP contribution in [0.4, 0.5) is 20.2 Å². The van der Waals surface area contributed by atoms with Gasteiger partial charge in [0.05, 0.1) is 4.92 Å². The van der Waals surface area contributed by atoms with Gasteiger partial charge in [-0.25, -0.2) is 8.78 Å². The molecular formula is C13H9BrF2N2O2. The van der Waals surface area contributed by atoms with Crippen LogP contribution >= 0.6 is 15.9 Å². The number of nitro groups is 1. The van der Waals surface area contributed by atoms with Crippen LogP contribution in [0.3, 0.4) is 0 Å². The van der Waals surface area contributed by atoms with E-state index in [1.807, 2.05) is 0 Å². The first-order chi connectivity index (χ1) is 9.47. The Morgan fingerprint density at radius 1 is 1.15 bits per heavy atom. The Labute approximate surface area is 121 Å². The fourth-order valence-electron chi connectivity index (χ4n) is 1.65. The highest BCUT2D eigenvalue weighted by molar-refractivity contribution is 9.10. The average Bonchev–Trinajstić information content (AvgIpc) is 2.41. The van der Waals surface area contributed by atoms with E-state index in [0.29, 0.717) is 15.7 Å². The first-order valence-corrected chi connectivity index (χ1v) is 6.38. The number of nitrogens with one attached hydrogen (secondary N) is 1. The Morgan fingerprint density at radius 3 is 2.55 bits per heavy atom. The van der Waals surface area contributed by atoms with Crippen LogP contribution in [-0.2, 0) is 6.54 Å². The highest BCUT2D eigenvalue weighted by Gasteiger charge is 2.14. The molecule has 0 unspecified atom stereocenters. The summed E-state index contributed by atoms with van der Waals surface area (Å²) in [5.41, 5.74) is 0.700. The third-order valence-corrected chi connectivity index (χ3v) is 3.12. The molecule has 104 valence electrons. The fourth-order valence-corrected chi connectivity index (χ4v) is 2.00.